The summed E-state index contributed by atoms with van der Waals surface area (Å²) in [5, 5.41) is 8.89. The lowest BCUT2D eigenvalue weighted by Gasteiger charge is -2.13. The van der Waals surface area contributed by atoms with Crippen LogP contribution in [-0.2, 0) is 4.74 Å². The van der Waals surface area contributed by atoms with Crippen molar-refractivity contribution in [3.8, 4) is 11.8 Å². The van der Waals surface area contributed by atoms with Crippen LogP contribution in [0.4, 0.5) is 0 Å². The molecule has 0 bridgehead atoms. The van der Waals surface area contributed by atoms with Gasteiger partial charge in [-0.2, -0.15) is 0 Å². The van der Waals surface area contributed by atoms with E-state index in [9.17, 15) is 0 Å². The highest BCUT2D eigenvalue weighted by molar-refractivity contribution is 5.02. The van der Waals surface area contributed by atoms with Gasteiger partial charge in [0.05, 0.1) is 6.10 Å². The van der Waals surface area contributed by atoms with Gasteiger partial charge in [-0.25, -0.2) is 0 Å². The highest BCUT2D eigenvalue weighted by Gasteiger charge is 2.03. The van der Waals surface area contributed by atoms with E-state index in [4.69, 9.17) is 9.84 Å². The summed E-state index contributed by atoms with van der Waals surface area (Å²) in [5.74, 6) is 5.97. The summed E-state index contributed by atoms with van der Waals surface area (Å²) >= 11 is 0. The first-order valence-electron chi connectivity index (χ1n) is 4.57. The van der Waals surface area contributed by atoms with E-state index in [0.29, 0.717) is 0 Å². The number of ether oxygens (including phenoxy) is 1. The Morgan fingerprint density at radius 1 is 1.46 bits per heavy atom. The van der Waals surface area contributed by atoms with Crippen LogP contribution in [0.2, 0.25) is 0 Å². The van der Waals surface area contributed by atoms with Crippen LogP contribution in [0.25, 0.3) is 0 Å². The zero-order valence-electron chi connectivity index (χ0n) is 8.42. The number of hydrogen-bond acceptors (Lipinski definition) is 2. The molecule has 0 rings (SSSR count). The van der Waals surface area contributed by atoms with E-state index in [1.165, 1.54) is 0 Å². The lowest BCUT2D eigenvalue weighted by atomic mass is 10.2. The third-order valence-corrected chi connectivity index (χ3v) is 1.48. The van der Waals surface area contributed by atoms with Crippen LogP contribution in [0, 0.1) is 11.8 Å². The van der Waals surface area contributed by atoms with Gasteiger partial charge in [0, 0.05) is 12.8 Å². The lowest BCUT2D eigenvalue weighted by molar-refractivity contribution is -0.119. The van der Waals surface area contributed by atoms with Crippen LogP contribution in [0.3, 0.4) is 0 Å². The molecule has 0 aliphatic carbocycles. The third-order valence-electron chi connectivity index (χ3n) is 1.48. The molecule has 0 radical (unpaired) electrons. The molecule has 0 heterocycles. The zero-order valence-corrected chi connectivity index (χ0v) is 8.42. The Balaban J connectivity index is 3.42. The molecule has 0 fully saturated rings. The second-order valence-corrected chi connectivity index (χ2v) is 2.93. The maximum Gasteiger partial charge on any atom is 0.152 e. The van der Waals surface area contributed by atoms with E-state index >= 15 is 0 Å². The van der Waals surface area contributed by atoms with Crippen molar-refractivity contribution < 1.29 is 9.84 Å². The fourth-order valence-corrected chi connectivity index (χ4v) is 0.912. The molecule has 0 aromatic rings. The van der Waals surface area contributed by atoms with Crippen molar-refractivity contribution >= 4 is 0 Å². The molecule has 2 unspecified atom stereocenters. The van der Waals surface area contributed by atoms with Gasteiger partial charge in [0.1, 0.15) is 0 Å². The Morgan fingerprint density at radius 3 is 2.69 bits per heavy atom. The Hall–Kier alpha value is -0.780. The van der Waals surface area contributed by atoms with Gasteiger partial charge in [0.25, 0.3) is 0 Å². The van der Waals surface area contributed by atoms with Crippen molar-refractivity contribution in [1.82, 2.24) is 0 Å². The summed E-state index contributed by atoms with van der Waals surface area (Å²) in [6.45, 7) is 7.12. The van der Waals surface area contributed by atoms with Gasteiger partial charge in [-0.05, 0) is 20.3 Å². The first-order valence-corrected chi connectivity index (χ1v) is 4.57. The summed E-state index contributed by atoms with van der Waals surface area (Å²) in [5.41, 5.74) is 0. The van der Waals surface area contributed by atoms with Crippen LogP contribution in [0.15, 0.2) is 12.7 Å². The normalized spacial score (nSPS) is 14.1. The number of hydrogen-bond donors (Lipinski definition) is 1. The fourth-order valence-electron chi connectivity index (χ4n) is 0.912. The summed E-state index contributed by atoms with van der Waals surface area (Å²) < 4.78 is 5.12. The molecular weight excluding hydrogens is 164 g/mol. The van der Waals surface area contributed by atoms with Crippen LogP contribution in [0.1, 0.15) is 33.1 Å². The first kappa shape index (κ1) is 12.2. The molecule has 0 aromatic carbocycles. The summed E-state index contributed by atoms with van der Waals surface area (Å²) in [6, 6.07) is 0. The molecule has 2 heteroatoms. The van der Waals surface area contributed by atoms with E-state index in [-0.39, 0.29) is 6.10 Å². The van der Waals surface area contributed by atoms with Gasteiger partial charge in [-0.1, -0.05) is 12.0 Å². The summed E-state index contributed by atoms with van der Waals surface area (Å²) in [4.78, 5) is 0. The van der Waals surface area contributed by atoms with Crippen LogP contribution < -0.4 is 0 Å². The average molecular weight is 182 g/mol. The van der Waals surface area contributed by atoms with E-state index in [2.05, 4.69) is 18.4 Å². The Bertz CT molecular complexity index is 186. The number of aliphatic hydroxyl groups excluding tert-OH is 1. The number of allylic oxidation sites excluding steroid dienone is 1. The van der Waals surface area contributed by atoms with Crippen LogP contribution in [0.5, 0.6) is 0 Å². The molecule has 74 valence electrons. The third kappa shape index (κ3) is 9.13. The van der Waals surface area contributed by atoms with Crippen molar-refractivity contribution in [3.63, 3.8) is 0 Å². The Labute approximate surface area is 80.6 Å². The monoisotopic (exact) mass is 182 g/mol. The second kappa shape index (κ2) is 7.85. The van der Waals surface area contributed by atoms with Gasteiger partial charge < -0.3 is 9.84 Å². The summed E-state index contributed by atoms with van der Waals surface area (Å²) in [7, 11) is 0. The van der Waals surface area contributed by atoms with Crippen molar-refractivity contribution in [2.24, 2.45) is 0 Å². The minimum absolute atomic E-state index is 0.0676. The topological polar surface area (TPSA) is 29.5 Å². The molecule has 2 atom stereocenters. The van der Waals surface area contributed by atoms with Gasteiger partial charge in [-0.15, -0.1) is 12.5 Å². The van der Waals surface area contributed by atoms with Gasteiger partial charge in [0.15, 0.2) is 6.29 Å². The van der Waals surface area contributed by atoms with E-state index in [1.807, 2.05) is 6.92 Å². The largest absolute Gasteiger partial charge is 0.368 e. The van der Waals surface area contributed by atoms with E-state index in [0.717, 1.165) is 19.3 Å². The predicted octanol–water partition coefficient (Wildman–Crippen LogP) is 2.09. The Kier molecular flexibility index (Phi) is 7.38. The molecule has 0 aromatic heterocycles. The number of rotatable bonds is 5. The molecule has 0 saturated heterocycles. The quantitative estimate of drug-likeness (QED) is 0.401. The fraction of sp³-hybridized carbons (Fsp3) is 0.636. The standard InChI is InChI=1S/C11H18O2/c1-4-5-6-7-8-9-10(2)13-11(3)12/h4,10-12H,1,5,8-9H2,2-3H3. The maximum atomic E-state index is 8.89. The van der Waals surface area contributed by atoms with Crippen LogP contribution in [-0.4, -0.2) is 17.5 Å². The predicted molar refractivity (Wildman–Crippen MR) is 54.1 cm³/mol. The van der Waals surface area contributed by atoms with Crippen molar-refractivity contribution in [1.29, 1.82) is 0 Å². The molecule has 0 saturated carbocycles. The summed E-state index contributed by atoms with van der Waals surface area (Å²) in [6.07, 6.45) is 3.57. The molecule has 0 spiro atoms. The molecule has 2 nitrogen and oxygen atoms in total. The Morgan fingerprint density at radius 2 is 2.15 bits per heavy atom. The smallest absolute Gasteiger partial charge is 0.152 e. The molecule has 0 amide bonds. The molecule has 0 aliphatic rings. The van der Waals surface area contributed by atoms with E-state index < -0.39 is 6.29 Å². The highest BCUT2D eigenvalue weighted by Crippen LogP contribution is 2.02. The van der Waals surface area contributed by atoms with Crippen molar-refractivity contribution in [2.75, 3.05) is 0 Å². The van der Waals surface area contributed by atoms with E-state index in [1.54, 1.807) is 13.0 Å². The SMILES string of the molecule is C=CCC#CCCC(C)OC(C)O. The molecule has 13 heavy (non-hydrogen) atoms. The van der Waals surface area contributed by atoms with Gasteiger partial charge in [-0.3, -0.25) is 0 Å². The highest BCUT2D eigenvalue weighted by atomic mass is 16.6. The molecular formula is C11H18O2. The lowest BCUT2D eigenvalue weighted by Crippen LogP contribution is -2.15. The molecule has 1 N–H and O–H groups in total. The first-order chi connectivity index (χ1) is 6.16. The maximum absolute atomic E-state index is 8.89. The van der Waals surface area contributed by atoms with Gasteiger partial charge >= 0.3 is 0 Å². The van der Waals surface area contributed by atoms with Crippen molar-refractivity contribution in [2.45, 2.75) is 45.5 Å². The zero-order chi connectivity index (χ0) is 10.1. The average Bonchev–Trinajstić information content (AvgIpc) is 2.02. The molecule has 0 aliphatic heterocycles. The van der Waals surface area contributed by atoms with Crippen LogP contribution >= 0.6 is 0 Å². The van der Waals surface area contributed by atoms with Crippen molar-refractivity contribution in [3.05, 3.63) is 12.7 Å². The minimum Gasteiger partial charge on any atom is -0.368 e. The minimum atomic E-state index is -0.684. The van der Waals surface area contributed by atoms with Gasteiger partial charge in [0.2, 0.25) is 0 Å². The second-order valence-electron chi connectivity index (χ2n) is 2.93. The number of aliphatic hydroxyl groups is 1.